The molecule has 0 radical (unpaired) electrons. The van der Waals surface area contributed by atoms with E-state index in [-0.39, 0.29) is 18.8 Å². The third kappa shape index (κ3) is 2.96. The molecule has 0 N–H and O–H groups in total. The van der Waals surface area contributed by atoms with Crippen molar-refractivity contribution in [3.8, 4) is 11.6 Å². The van der Waals surface area contributed by atoms with E-state index in [1.807, 2.05) is 4.90 Å². The Balaban J connectivity index is 1.70. The fourth-order valence-electron chi connectivity index (χ4n) is 2.78. The maximum Gasteiger partial charge on any atom is 0.220 e. The molecule has 5 nitrogen and oxygen atoms in total. The molecule has 1 aromatic carbocycles. The summed E-state index contributed by atoms with van der Waals surface area (Å²) in [6, 6.07) is 4.10. The summed E-state index contributed by atoms with van der Waals surface area (Å²) < 4.78 is 38.5. The first-order valence-corrected chi connectivity index (χ1v) is 7.14. The molecular formula is C16H17F2N3O2. The summed E-state index contributed by atoms with van der Waals surface area (Å²) >= 11 is 0. The van der Waals surface area contributed by atoms with Crippen molar-refractivity contribution in [3.05, 3.63) is 47.7 Å². The molecule has 1 aromatic heterocycles. The largest absolute Gasteiger partial charge is 0.494 e. The number of aromatic nitrogens is 2. The van der Waals surface area contributed by atoms with Crippen molar-refractivity contribution in [1.82, 2.24) is 14.9 Å². The number of hydrogen-bond acceptors (Lipinski definition) is 5. The van der Waals surface area contributed by atoms with Crippen LogP contribution in [0.25, 0.3) is 0 Å². The van der Waals surface area contributed by atoms with Crippen molar-refractivity contribution >= 4 is 0 Å². The van der Waals surface area contributed by atoms with Gasteiger partial charge in [0.05, 0.1) is 14.2 Å². The number of benzene rings is 1. The van der Waals surface area contributed by atoms with E-state index in [4.69, 9.17) is 9.47 Å². The second-order valence-electron chi connectivity index (χ2n) is 5.52. The Hall–Kier alpha value is -2.28. The SMILES string of the molecule is COc1cc(C2(F)CN(Cc3cncnc3OC)C2)ccc1F. The summed E-state index contributed by atoms with van der Waals surface area (Å²) in [6.07, 6.45) is 3.06. The summed E-state index contributed by atoms with van der Waals surface area (Å²) in [5.41, 5.74) is -0.291. The standard InChI is InChI=1S/C16H17F2N3O2/c1-22-14-5-12(3-4-13(14)17)16(18)8-21(9-16)7-11-6-19-10-20-15(11)23-2/h3-6,10H,7-9H2,1-2H3. The van der Waals surface area contributed by atoms with Crippen LogP contribution in [0.4, 0.5) is 8.78 Å². The normalized spacial score (nSPS) is 16.7. The Kier molecular flexibility index (Phi) is 4.12. The highest BCUT2D eigenvalue weighted by Gasteiger charge is 2.45. The number of hydrogen-bond donors (Lipinski definition) is 0. The van der Waals surface area contributed by atoms with Crippen LogP contribution in [-0.2, 0) is 12.2 Å². The van der Waals surface area contributed by atoms with Crippen molar-refractivity contribution in [2.75, 3.05) is 27.3 Å². The Morgan fingerprint density at radius 3 is 2.74 bits per heavy atom. The van der Waals surface area contributed by atoms with Crippen LogP contribution in [0.1, 0.15) is 11.1 Å². The predicted octanol–water partition coefficient (Wildman–Crippen LogP) is 2.31. The molecule has 0 unspecified atom stereocenters. The maximum absolute atomic E-state index is 14.9. The molecule has 0 spiro atoms. The quantitative estimate of drug-likeness (QED) is 0.846. The average Bonchev–Trinajstić information content (AvgIpc) is 2.54. The Bertz CT molecular complexity index is 705. The summed E-state index contributed by atoms with van der Waals surface area (Å²) in [7, 11) is 2.90. The predicted molar refractivity (Wildman–Crippen MR) is 79.6 cm³/mol. The lowest BCUT2D eigenvalue weighted by molar-refractivity contribution is -0.0423. The van der Waals surface area contributed by atoms with Gasteiger partial charge in [0.1, 0.15) is 6.33 Å². The summed E-state index contributed by atoms with van der Waals surface area (Å²) in [5, 5.41) is 0. The first kappa shape index (κ1) is 15.6. The molecular weight excluding hydrogens is 304 g/mol. The van der Waals surface area contributed by atoms with Crippen LogP contribution in [0.15, 0.2) is 30.7 Å². The summed E-state index contributed by atoms with van der Waals surface area (Å²) in [4.78, 5) is 9.90. The number of alkyl halides is 1. The lowest BCUT2D eigenvalue weighted by Gasteiger charge is -2.44. The second-order valence-corrected chi connectivity index (χ2v) is 5.52. The monoisotopic (exact) mass is 321 g/mol. The van der Waals surface area contributed by atoms with Crippen molar-refractivity contribution in [1.29, 1.82) is 0 Å². The van der Waals surface area contributed by atoms with E-state index in [1.165, 1.54) is 38.7 Å². The van der Waals surface area contributed by atoms with Crippen LogP contribution in [0, 0.1) is 5.82 Å². The molecule has 1 aliphatic heterocycles. The van der Waals surface area contributed by atoms with Gasteiger partial charge >= 0.3 is 0 Å². The van der Waals surface area contributed by atoms with Crippen LogP contribution < -0.4 is 9.47 Å². The minimum Gasteiger partial charge on any atom is -0.494 e. The van der Waals surface area contributed by atoms with Gasteiger partial charge in [-0.05, 0) is 17.7 Å². The van der Waals surface area contributed by atoms with Crippen molar-refractivity contribution in [2.24, 2.45) is 0 Å². The summed E-state index contributed by atoms with van der Waals surface area (Å²) in [5.74, 6) is 0.0399. The van der Waals surface area contributed by atoms with Gasteiger partial charge in [0.2, 0.25) is 5.88 Å². The van der Waals surface area contributed by atoms with Crippen molar-refractivity contribution in [2.45, 2.75) is 12.2 Å². The first-order chi connectivity index (χ1) is 11.1. The fourth-order valence-corrected chi connectivity index (χ4v) is 2.78. The van der Waals surface area contributed by atoms with Gasteiger partial charge in [-0.25, -0.2) is 18.7 Å². The molecule has 1 saturated heterocycles. The Labute approximate surface area is 132 Å². The van der Waals surface area contributed by atoms with Gasteiger partial charge < -0.3 is 9.47 Å². The fraction of sp³-hybridized carbons (Fsp3) is 0.375. The third-order valence-corrected chi connectivity index (χ3v) is 3.95. The summed E-state index contributed by atoms with van der Waals surface area (Å²) in [6.45, 7) is 0.910. The van der Waals surface area contributed by atoms with Crippen LogP contribution in [0.5, 0.6) is 11.6 Å². The van der Waals surface area contributed by atoms with Crippen LogP contribution in [0.3, 0.4) is 0 Å². The Morgan fingerprint density at radius 1 is 1.26 bits per heavy atom. The zero-order valence-corrected chi connectivity index (χ0v) is 12.9. The number of nitrogens with zero attached hydrogens (tertiary/aromatic N) is 3. The van der Waals surface area contributed by atoms with Gasteiger partial charge in [-0.2, -0.15) is 0 Å². The minimum absolute atomic E-state index is 0.0519. The Morgan fingerprint density at radius 2 is 2.04 bits per heavy atom. The molecule has 1 aliphatic rings. The zero-order chi connectivity index (χ0) is 16.4. The van der Waals surface area contributed by atoms with Gasteiger partial charge in [-0.1, -0.05) is 6.07 Å². The molecule has 3 rings (SSSR count). The van der Waals surface area contributed by atoms with Gasteiger partial charge in [-0.3, -0.25) is 4.90 Å². The molecule has 0 atom stereocenters. The maximum atomic E-state index is 14.9. The van der Waals surface area contributed by atoms with Crippen molar-refractivity contribution in [3.63, 3.8) is 0 Å². The first-order valence-electron chi connectivity index (χ1n) is 7.14. The molecule has 2 aromatic rings. The van der Waals surface area contributed by atoms with Crippen LogP contribution in [0.2, 0.25) is 0 Å². The number of methoxy groups -OCH3 is 2. The van der Waals surface area contributed by atoms with Gasteiger partial charge in [-0.15, -0.1) is 0 Å². The molecule has 0 aliphatic carbocycles. The molecule has 2 heterocycles. The number of halogens is 2. The molecule has 23 heavy (non-hydrogen) atoms. The van der Waals surface area contributed by atoms with E-state index >= 15 is 0 Å². The average molecular weight is 321 g/mol. The number of likely N-dealkylation sites (tertiary alicyclic amines) is 1. The van der Waals surface area contributed by atoms with Crippen LogP contribution in [-0.4, -0.2) is 42.2 Å². The lowest BCUT2D eigenvalue weighted by atomic mass is 9.87. The highest BCUT2D eigenvalue weighted by molar-refractivity contribution is 5.36. The lowest BCUT2D eigenvalue weighted by Crippen LogP contribution is -2.56. The van der Waals surface area contributed by atoms with Crippen LogP contribution >= 0.6 is 0 Å². The van der Waals surface area contributed by atoms with Gasteiger partial charge in [0, 0.05) is 31.4 Å². The highest BCUT2D eigenvalue weighted by Crippen LogP contribution is 2.39. The molecule has 0 amide bonds. The van der Waals surface area contributed by atoms with E-state index in [1.54, 1.807) is 6.20 Å². The topological polar surface area (TPSA) is 47.5 Å². The number of ether oxygens (including phenoxy) is 2. The van der Waals surface area contributed by atoms with Crippen molar-refractivity contribution < 1.29 is 18.3 Å². The molecule has 0 bridgehead atoms. The zero-order valence-electron chi connectivity index (χ0n) is 12.9. The van der Waals surface area contributed by atoms with E-state index in [9.17, 15) is 8.78 Å². The van der Waals surface area contributed by atoms with Gasteiger partial charge in [0.25, 0.3) is 0 Å². The molecule has 7 heteroatoms. The van der Waals surface area contributed by atoms with E-state index in [0.29, 0.717) is 18.0 Å². The smallest absolute Gasteiger partial charge is 0.220 e. The molecule has 122 valence electrons. The third-order valence-electron chi connectivity index (χ3n) is 3.95. The second kappa shape index (κ2) is 6.08. The number of rotatable bonds is 5. The van der Waals surface area contributed by atoms with Gasteiger partial charge in [0.15, 0.2) is 17.2 Å². The van der Waals surface area contributed by atoms with E-state index < -0.39 is 11.5 Å². The van der Waals surface area contributed by atoms with E-state index in [0.717, 1.165) is 5.56 Å². The highest BCUT2D eigenvalue weighted by atomic mass is 19.1. The molecule has 1 fully saturated rings. The van der Waals surface area contributed by atoms with E-state index in [2.05, 4.69) is 9.97 Å². The molecule has 0 saturated carbocycles. The minimum atomic E-state index is -1.51.